The molecule has 1 heterocycles. The second kappa shape index (κ2) is 6.83. The third kappa shape index (κ3) is 4.92. The molecule has 6 heteroatoms. The Balaban J connectivity index is 1.85. The highest BCUT2D eigenvalue weighted by Crippen LogP contribution is 2.32. The molecule has 0 unspecified atom stereocenters. The Kier molecular flexibility index (Phi) is 5.11. The minimum atomic E-state index is -4.70. The van der Waals surface area contributed by atoms with Gasteiger partial charge in [0.2, 0.25) is 0 Å². The van der Waals surface area contributed by atoms with Gasteiger partial charge in [0.25, 0.3) is 0 Å². The average molecular weight is 289 g/mol. The van der Waals surface area contributed by atoms with E-state index < -0.39 is 6.36 Å². The van der Waals surface area contributed by atoms with Gasteiger partial charge in [-0.1, -0.05) is 12.1 Å². The third-order valence-electron chi connectivity index (χ3n) is 3.32. The van der Waals surface area contributed by atoms with E-state index in [1.54, 1.807) is 6.07 Å². The maximum Gasteiger partial charge on any atom is 0.573 e. The van der Waals surface area contributed by atoms with Crippen LogP contribution in [-0.2, 0) is 0 Å². The molecule has 0 atom stereocenters. The van der Waals surface area contributed by atoms with E-state index >= 15 is 0 Å². The number of benzene rings is 1. The topological polar surface area (TPSA) is 30.5 Å². The monoisotopic (exact) mass is 289 g/mol. The second-order valence-electron chi connectivity index (χ2n) is 4.83. The van der Waals surface area contributed by atoms with Gasteiger partial charge in [0.15, 0.2) is 11.5 Å². The average Bonchev–Trinajstić information content (AvgIpc) is 2.40. The van der Waals surface area contributed by atoms with Crippen molar-refractivity contribution in [1.82, 2.24) is 5.32 Å². The molecule has 1 saturated heterocycles. The molecule has 0 radical (unpaired) electrons. The number of hydrogen-bond donors (Lipinski definition) is 1. The minimum absolute atomic E-state index is 0.138. The van der Waals surface area contributed by atoms with Gasteiger partial charge in [0, 0.05) is 0 Å². The number of piperidine rings is 1. The van der Waals surface area contributed by atoms with E-state index in [4.69, 9.17) is 4.74 Å². The number of hydrogen-bond acceptors (Lipinski definition) is 3. The lowest BCUT2D eigenvalue weighted by Gasteiger charge is -2.22. The largest absolute Gasteiger partial charge is 0.573 e. The Labute approximate surface area is 116 Å². The SMILES string of the molecule is FC(F)(F)Oc1ccccc1OCCC1CCNCC1. The first-order valence-electron chi connectivity index (χ1n) is 6.73. The van der Waals surface area contributed by atoms with Crippen molar-refractivity contribution in [1.29, 1.82) is 0 Å². The van der Waals surface area contributed by atoms with E-state index in [0.717, 1.165) is 32.4 Å². The quantitative estimate of drug-likeness (QED) is 0.901. The summed E-state index contributed by atoms with van der Waals surface area (Å²) in [6.45, 7) is 2.40. The first-order chi connectivity index (χ1) is 9.54. The van der Waals surface area contributed by atoms with Crippen molar-refractivity contribution in [3.05, 3.63) is 24.3 Å². The fourth-order valence-electron chi connectivity index (χ4n) is 2.28. The molecule has 1 N–H and O–H groups in total. The van der Waals surface area contributed by atoms with Gasteiger partial charge in [-0.05, 0) is 50.4 Å². The molecule has 1 aliphatic heterocycles. The lowest BCUT2D eigenvalue weighted by molar-refractivity contribution is -0.275. The molecule has 3 nitrogen and oxygen atoms in total. The molecular weight excluding hydrogens is 271 g/mol. The molecule has 1 aromatic carbocycles. The summed E-state index contributed by atoms with van der Waals surface area (Å²) in [5.41, 5.74) is 0. The van der Waals surface area contributed by atoms with Gasteiger partial charge in [-0.3, -0.25) is 0 Å². The van der Waals surface area contributed by atoms with Gasteiger partial charge in [-0.15, -0.1) is 13.2 Å². The van der Waals surface area contributed by atoms with Crippen LogP contribution in [0.3, 0.4) is 0 Å². The van der Waals surface area contributed by atoms with Gasteiger partial charge in [0.1, 0.15) is 0 Å². The molecule has 0 aliphatic carbocycles. The molecule has 0 spiro atoms. The summed E-state index contributed by atoms with van der Waals surface area (Å²) in [4.78, 5) is 0. The van der Waals surface area contributed by atoms with Crippen molar-refractivity contribution in [2.24, 2.45) is 5.92 Å². The van der Waals surface area contributed by atoms with Crippen LogP contribution in [0, 0.1) is 5.92 Å². The molecular formula is C14H18F3NO2. The maximum atomic E-state index is 12.2. The van der Waals surface area contributed by atoms with Gasteiger partial charge >= 0.3 is 6.36 Å². The second-order valence-corrected chi connectivity index (χ2v) is 4.83. The van der Waals surface area contributed by atoms with Crippen molar-refractivity contribution in [3.8, 4) is 11.5 Å². The van der Waals surface area contributed by atoms with Crippen LogP contribution >= 0.6 is 0 Å². The van der Waals surface area contributed by atoms with E-state index in [2.05, 4.69) is 10.1 Å². The Bertz CT molecular complexity index is 417. The van der Waals surface area contributed by atoms with E-state index in [0.29, 0.717) is 12.5 Å². The molecule has 0 saturated carbocycles. The molecule has 2 rings (SSSR count). The van der Waals surface area contributed by atoms with E-state index in [9.17, 15) is 13.2 Å². The van der Waals surface area contributed by atoms with E-state index in [-0.39, 0.29) is 11.5 Å². The third-order valence-corrected chi connectivity index (χ3v) is 3.32. The predicted molar refractivity (Wildman–Crippen MR) is 68.8 cm³/mol. The molecule has 20 heavy (non-hydrogen) atoms. The lowest BCUT2D eigenvalue weighted by atomic mass is 9.95. The van der Waals surface area contributed by atoms with Crippen LogP contribution in [0.1, 0.15) is 19.3 Å². The predicted octanol–water partition coefficient (Wildman–Crippen LogP) is 3.35. The minimum Gasteiger partial charge on any atom is -0.490 e. The smallest absolute Gasteiger partial charge is 0.490 e. The molecule has 1 fully saturated rings. The van der Waals surface area contributed by atoms with Crippen LogP contribution in [0.4, 0.5) is 13.2 Å². The summed E-state index contributed by atoms with van der Waals surface area (Å²) >= 11 is 0. The number of alkyl halides is 3. The van der Waals surface area contributed by atoms with Crippen molar-refractivity contribution in [2.45, 2.75) is 25.6 Å². The summed E-state index contributed by atoms with van der Waals surface area (Å²) in [6.07, 6.45) is -1.68. The Morgan fingerprint density at radius 2 is 1.75 bits per heavy atom. The summed E-state index contributed by atoms with van der Waals surface area (Å²) in [7, 11) is 0. The highest BCUT2D eigenvalue weighted by molar-refractivity contribution is 5.39. The first-order valence-corrected chi connectivity index (χ1v) is 6.73. The number of halogens is 3. The van der Waals surface area contributed by atoms with Crippen LogP contribution in [0.2, 0.25) is 0 Å². The van der Waals surface area contributed by atoms with Crippen LogP contribution in [-0.4, -0.2) is 26.1 Å². The van der Waals surface area contributed by atoms with E-state index in [1.165, 1.54) is 18.2 Å². The zero-order valence-electron chi connectivity index (χ0n) is 11.1. The molecule has 0 bridgehead atoms. The molecule has 1 aliphatic rings. The fourth-order valence-corrected chi connectivity index (χ4v) is 2.28. The first kappa shape index (κ1) is 15.0. The van der Waals surface area contributed by atoms with Crippen molar-refractivity contribution < 1.29 is 22.6 Å². The number of para-hydroxylation sites is 2. The standard InChI is InChI=1S/C14H18F3NO2/c15-14(16,17)20-13-4-2-1-3-12(13)19-10-7-11-5-8-18-9-6-11/h1-4,11,18H,5-10H2. The Morgan fingerprint density at radius 1 is 1.10 bits per heavy atom. The zero-order valence-corrected chi connectivity index (χ0v) is 11.1. The van der Waals surface area contributed by atoms with Crippen LogP contribution < -0.4 is 14.8 Å². The number of nitrogens with one attached hydrogen (secondary N) is 1. The molecule has 1 aromatic rings. The van der Waals surface area contributed by atoms with Gasteiger partial charge in [0.05, 0.1) is 6.61 Å². The summed E-state index contributed by atoms with van der Waals surface area (Å²) in [6, 6.07) is 5.86. The summed E-state index contributed by atoms with van der Waals surface area (Å²) in [5.74, 6) is 0.427. The molecule has 0 aromatic heterocycles. The highest BCUT2D eigenvalue weighted by atomic mass is 19.4. The maximum absolute atomic E-state index is 12.2. The van der Waals surface area contributed by atoms with Gasteiger partial charge in [-0.2, -0.15) is 0 Å². The Morgan fingerprint density at radius 3 is 2.40 bits per heavy atom. The molecule has 112 valence electrons. The normalized spacial score (nSPS) is 16.9. The van der Waals surface area contributed by atoms with Crippen molar-refractivity contribution >= 4 is 0 Å². The zero-order chi connectivity index (χ0) is 14.4. The Hall–Kier alpha value is -1.43. The van der Waals surface area contributed by atoms with Crippen LogP contribution in [0.25, 0.3) is 0 Å². The van der Waals surface area contributed by atoms with E-state index in [1.807, 2.05) is 0 Å². The lowest BCUT2D eigenvalue weighted by Crippen LogP contribution is -2.28. The van der Waals surface area contributed by atoms with Gasteiger partial charge in [-0.25, -0.2) is 0 Å². The van der Waals surface area contributed by atoms with Gasteiger partial charge < -0.3 is 14.8 Å². The highest BCUT2D eigenvalue weighted by Gasteiger charge is 2.32. The van der Waals surface area contributed by atoms with Crippen molar-refractivity contribution in [3.63, 3.8) is 0 Å². The van der Waals surface area contributed by atoms with Crippen molar-refractivity contribution in [2.75, 3.05) is 19.7 Å². The number of ether oxygens (including phenoxy) is 2. The summed E-state index contributed by atoms with van der Waals surface area (Å²) < 4.78 is 46.1. The fraction of sp³-hybridized carbons (Fsp3) is 0.571. The van der Waals surface area contributed by atoms with Crippen LogP contribution in [0.5, 0.6) is 11.5 Å². The van der Waals surface area contributed by atoms with Crippen LogP contribution in [0.15, 0.2) is 24.3 Å². The molecule has 0 amide bonds. The summed E-state index contributed by atoms with van der Waals surface area (Å²) in [5, 5.41) is 3.27. The number of rotatable bonds is 5.